The Balaban J connectivity index is 1.77. The van der Waals surface area contributed by atoms with Crippen LogP contribution in [0.25, 0.3) is 0 Å². The molecule has 0 radical (unpaired) electrons. The summed E-state index contributed by atoms with van der Waals surface area (Å²) < 4.78 is 9.81. The summed E-state index contributed by atoms with van der Waals surface area (Å²) in [5.41, 5.74) is -0.482. The molecule has 1 aromatic rings. The summed E-state index contributed by atoms with van der Waals surface area (Å²) in [4.78, 5) is 27.4. The Hall–Kier alpha value is -2.10. The molecule has 0 aliphatic carbocycles. The van der Waals surface area contributed by atoms with Crippen molar-refractivity contribution in [3.8, 4) is 0 Å². The Labute approximate surface area is 184 Å². The lowest BCUT2D eigenvalue weighted by Gasteiger charge is -2.36. The molecule has 10 heteroatoms. The standard InChI is InChI=1S/C20H37N7O2S/c1-8-16-23-18(30-24-16)27-11-9-26(10-12-27)17(21-6)22-13-15(2)14-25(7)19(28)29-20(3,4)5/h15H,8-14H2,1-7H3,(H,21,22). The minimum atomic E-state index is -0.482. The van der Waals surface area contributed by atoms with Crippen LogP contribution < -0.4 is 10.2 Å². The SMILES string of the molecule is CCc1nsc(N2CCN(C(=NC)NCC(C)CN(C)C(=O)OC(C)(C)C)CC2)n1. The third-order valence-corrected chi connectivity index (χ3v) is 5.55. The van der Waals surface area contributed by atoms with E-state index in [1.807, 2.05) is 27.8 Å². The normalized spacial score (nSPS) is 16.4. The van der Waals surface area contributed by atoms with Crippen LogP contribution in [0.15, 0.2) is 4.99 Å². The van der Waals surface area contributed by atoms with E-state index in [-0.39, 0.29) is 12.0 Å². The molecule has 0 bridgehead atoms. The average molecular weight is 440 g/mol. The van der Waals surface area contributed by atoms with Crippen LogP contribution in [0, 0.1) is 5.92 Å². The summed E-state index contributed by atoms with van der Waals surface area (Å²) in [6.45, 7) is 14.7. The molecule has 1 fully saturated rings. The summed E-state index contributed by atoms with van der Waals surface area (Å²) in [5.74, 6) is 2.07. The zero-order chi connectivity index (χ0) is 22.3. The maximum absolute atomic E-state index is 12.1. The molecule has 0 aromatic carbocycles. The van der Waals surface area contributed by atoms with Gasteiger partial charge in [0.05, 0.1) is 0 Å². The highest BCUT2D eigenvalue weighted by molar-refractivity contribution is 7.09. The molecule has 0 saturated carbocycles. The van der Waals surface area contributed by atoms with Gasteiger partial charge in [-0.15, -0.1) is 0 Å². The van der Waals surface area contributed by atoms with Crippen LogP contribution in [0.5, 0.6) is 0 Å². The first-order valence-corrected chi connectivity index (χ1v) is 11.4. The van der Waals surface area contributed by atoms with Gasteiger partial charge in [0.2, 0.25) is 5.13 Å². The van der Waals surface area contributed by atoms with Crippen molar-refractivity contribution in [1.82, 2.24) is 24.5 Å². The number of anilines is 1. The molecule has 30 heavy (non-hydrogen) atoms. The van der Waals surface area contributed by atoms with Crippen LogP contribution >= 0.6 is 11.5 Å². The zero-order valence-electron chi connectivity index (χ0n) is 19.4. The lowest BCUT2D eigenvalue weighted by atomic mass is 10.1. The molecule has 170 valence electrons. The van der Waals surface area contributed by atoms with Crippen LogP contribution in [-0.2, 0) is 11.2 Å². The lowest BCUT2D eigenvalue weighted by molar-refractivity contribution is 0.0277. The quantitative estimate of drug-likeness (QED) is 0.538. The van der Waals surface area contributed by atoms with Crippen molar-refractivity contribution in [2.45, 2.75) is 46.6 Å². The van der Waals surface area contributed by atoms with Crippen molar-refractivity contribution in [3.63, 3.8) is 0 Å². The molecule has 9 nitrogen and oxygen atoms in total. The smallest absolute Gasteiger partial charge is 0.410 e. The minimum Gasteiger partial charge on any atom is -0.444 e. The van der Waals surface area contributed by atoms with Gasteiger partial charge < -0.3 is 24.8 Å². The van der Waals surface area contributed by atoms with E-state index in [4.69, 9.17) is 4.74 Å². The Kier molecular flexibility index (Phi) is 8.69. The first kappa shape index (κ1) is 24.2. The van der Waals surface area contributed by atoms with E-state index < -0.39 is 5.60 Å². The monoisotopic (exact) mass is 439 g/mol. The third-order valence-electron chi connectivity index (χ3n) is 4.73. The predicted molar refractivity (Wildman–Crippen MR) is 122 cm³/mol. The third kappa shape index (κ3) is 7.30. The highest BCUT2D eigenvalue weighted by atomic mass is 32.1. The summed E-state index contributed by atoms with van der Waals surface area (Å²) in [5, 5.41) is 4.46. The van der Waals surface area contributed by atoms with Gasteiger partial charge in [-0.25, -0.2) is 9.78 Å². The van der Waals surface area contributed by atoms with E-state index in [1.54, 1.807) is 11.9 Å². The van der Waals surface area contributed by atoms with Crippen molar-refractivity contribution < 1.29 is 9.53 Å². The highest BCUT2D eigenvalue weighted by Crippen LogP contribution is 2.19. The van der Waals surface area contributed by atoms with E-state index in [9.17, 15) is 4.79 Å². The van der Waals surface area contributed by atoms with Crippen molar-refractivity contribution in [1.29, 1.82) is 0 Å². The second-order valence-electron chi connectivity index (χ2n) is 8.71. The maximum Gasteiger partial charge on any atom is 0.410 e. The number of amides is 1. The number of aliphatic imine (C=N–C) groups is 1. The number of carbonyl (C=O) groups is 1. The first-order valence-electron chi connectivity index (χ1n) is 10.6. The van der Waals surface area contributed by atoms with E-state index in [1.165, 1.54) is 11.5 Å². The van der Waals surface area contributed by atoms with E-state index >= 15 is 0 Å². The molecule has 1 aliphatic rings. The number of piperazine rings is 1. The van der Waals surface area contributed by atoms with Crippen LogP contribution in [0.2, 0.25) is 0 Å². The number of hydrogen-bond donors (Lipinski definition) is 1. The van der Waals surface area contributed by atoms with Gasteiger partial charge in [-0.2, -0.15) is 4.37 Å². The number of nitrogens with zero attached hydrogens (tertiary/aromatic N) is 6. The molecule has 1 atom stereocenters. The predicted octanol–water partition coefficient (Wildman–Crippen LogP) is 2.30. The first-order chi connectivity index (χ1) is 14.1. The number of aromatic nitrogens is 2. The van der Waals surface area contributed by atoms with Crippen LogP contribution in [0.3, 0.4) is 0 Å². The van der Waals surface area contributed by atoms with Crippen LogP contribution in [0.1, 0.15) is 40.4 Å². The zero-order valence-corrected chi connectivity index (χ0v) is 20.3. The summed E-state index contributed by atoms with van der Waals surface area (Å²) in [7, 11) is 3.58. The topological polar surface area (TPSA) is 86.2 Å². The molecule has 1 amide bonds. The van der Waals surface area contributed by atoms with Crippen LogP contribution in [0.4, 0.5) is 9.93 Å². The van der Waals surface area contributed by atoms with Gasteiger partial charge in [-0.1, -0.05) is 13.8 Å². The van der Waals surface area contributed by atoms with Gasteiger partial charge in [0, 0.05) is 71.3 Å². The van der Waals surface area contributed by atoms with Crippen molar-refractivity contribution in [2.75, 3.05) is 58.3 Å². The molecule has 1 N–H and O–H groups in total. The number of carbonyl (C=O) groups excluding carboxylic acids is 1. The Morgan fingerprint density at radius 2 is 2.00 bits per heavy atom. The second kappa shape index (κ2) is 10.8. The number of aryl methyl sites for hydroxylation is 1. The number of guanidine groups is 1. The molecule has 1 aliphatic heterocycles. The summed E-state index contributed by atoms with van der Waals surface area (Å²) >= 11 is 1.48. The van der Waals surface area contributed by atoms with E-state index in [0.29, 0.717) is 6.54 Å². The fourth-order valence-electron chi connectivity index (χ4n) is 3.17. The molecule has 1 aromatic heterocycles. The van der Waals surface area contributed by atoms with Crippen molar-refractivity contribution in [2.24, 2.45) is 10.9 Å². The van der Waals surface area contributed by atoms with Crippen molar-refractivity contribution in [3.05, 3.63) is 5.82 Å². The fourth-order valence-corrected chi connectivity index (χ4v) is 3.97. The summed E-state index contributed by atoms with van der Waals surface area (Å²) in [6.07, 6.45) is 0.576. The average Bonchev–Trinajstić information content (AvgIpc) is 3.17. The Bertz CT molecular complexity index is 708. The Morgan fingerprint density at radius 1 is 1.33 bits per heavy atom. The van der Waals surface area contributed by atoms with Gasteiger partial charge in [-0.3, -0.25) is 4.99 Å². The number of ether oxygens (including phenoxy) is 1. The van der Waals surface area contributed by atoms with E-state index in [0.717, 1.165) is 56.1 Å². The van der Waals surface area contributed by atoms with Crippen molar-refractivity contribution >= 4 is 28.7 Å². The van der Waals surface area contributed by atoms with Gasteiger partial charge in [0.25, 0.3) is 0 Å². The molecular formula is C20H37N7O2S. The number of rotatable bonds is 6. The summed E-state index contributed by atoms with van der Waals surface area (Å²) in [6, 6.07) is 0. The number of hydrogen-bond acceptors (Lipinski definition) is 7. The largest absolute Gasteiger partial charge is 0.444 e. The molecule has 2 heterocycles. The maximum atomic E-state index is 12.1. The molecule has 1 unspecified atom stereocenters. The van der Waals surface area contributed by atoms with Gasteiger partial charge in [0.15, 0.2) is 5.96 Å². The highest BCUT2D eigenvalue weighted by Gasteiger charge is 2.23. The fraction of sp³-hybridized carbons (Fsp3) is 0.800. The van der Waals surface area contributed by atoms with Crippen LogP contribution in [-0.4, -0.2) is 90.2 Å². The lowest BCUT2D eigenvalue weighted by Crippen LogP contribution is -2.53. The van der Waals surface area contributed by atoms with Gasteiger partial charge in [0.1, 0.15) is 11.4 Å². The molecule has 1 saturated heterocycles. The van der Waals surface area contributed by atoms with Gasteiger partial charge in [-0.05, 0) is 26.7 Å². The number of nitrogens with one attached hydrogen (secondary N) is 1. The van der Waals surface area contributed by atoms with E-state index in [2.05, 4.69) is 43.3 Å². The second-order valence-corrected chi connectivity index (χ2v) is 9.45. The minimum absolute atomic E-state index is 0.259. The Morgan fingerprint density at radius 3 is 2.53 bits per heavy atom. The molecular weight excluding hydrogens is 402 g/mol. The molecule has 2 rings (SSSR count). The van der Waals surface area contributed by atoms with Gasteiger partial charge >= 0.3 is 6.09 Å². The molecule has 0 spiro atoms.